The molecule has 6 heteroatoms. The summed E-state index contributed by atoms with van der Waals surface area (Å²) in [5.74, 6) is -0.737. The second-order valence-corrected chi connectivity index (χ2v) is 7.15. The van der Waals surface area contributed by atoms with E-state index >= 15 is 0 Å². The molecular formula is C23H22N4O2. The highest BCUT2D eigenvalue weighted by molar-refractivity contribution is 6.04. The molecule has 0 aliphatic carbocycles. The van der Waals surface area contributed by atoms with Gasteiger partial charge in [-0.2, -0.15) is 5.10 Å². The van der Waals surface area contributed by atoms with Crippen molar-refractivity contribution in [1.82, 2.24) is 14.8 Å². The summed E-state index contributed by atoms with van der Waals surface area (Å²) in [6.07, 6.45) is 1.71. The standard InChI is InChI=1S/C23H22N4O2/c1-4-27-23(29)18-10-6-5-9-17(18)20(26-27)15(3)22(28)25-19-13-14(2)12-16-8-7-11-24-21(16)19/h5-13,15H,4H2,1-3H3,(H,25,28). The lowest BCUT2D eigenvalue weighted by molar-refractivity contribution is -0.117. The van der Waals surface area contributed by atoms with E-state index < -0.39 is 5.92 Å². The van der Waals surface area contributed by atoms with Gasteiger partial charge in [0.15, 0.2) is 0 Å². The third-order valence-electron chi connectivity index (χ3n) is 5.11. The summed E-state index contributed by atoms with van der Waals surface area (Å²) in [4.78, 5) is 30.1. The molecule has 0 fully saturated rings. The lowest BCUT2D eigenvalue weighted by atomic mass is 10.0. The average molecular weight is 386 g/mol. The van der Waals surface area contributed by atoms with Crippen molar-refractivity contribution < 1.29 is 4.79 Å². The molecule has 2 aromatic carbocycles. The van der Waals surface area contributed by atoms with E-state index in [1.54, 1.807) is 19.2 Å². The van der Waals surface area contributed by atoms with E-state index in [0.29, 0.717) is 28.7 Å². The number of hydrogen-bond acceptors (Lipinski definition) is 4. The largest absolute Gasteiger partial charge is 0.324 e. The van der Waals surface area contributed by atoms with Crippen LogP contribution in [0.1, 0.15) is 31.0 Å². The van der Waals surface area contributed by atoms with Crippen molar-refractivity contribution in [2.24, 2.45) is 0 Å². The molecule has 1 N–H and O–H groups in total. The van der Waals surface area contributed by atoms with Crippen molar-refractivity contribution in [1.29, 1.82) is 0 Å². The quantitative estimate of drug-likeness (QED) is 0.575. The highest BCUT2D eigenvalue weighted by atomic mass is 16.2. The summed E-state index contributed by atoms with van der Waals surface area (Å²) in [5, 5.41) is 9.75. The minimum Gasteiger partial charge on any atom is -0.324 e. The smallest absolute Gasteiger partial charge is 0.274 e. The van der Waals surface area contributed by atoms with Crippen molar-refractivity contribution in [2.75, 3.05) is 5.32 Å². The fourth-order valence-electron chi connectivity index (χ4n) is 3.60. The molecule has 1 atom stereocenters. The first kappa shape index (κ1) is 18.8. The normalized spacial score (nSPS) is 12.2. The first-order valence-corrected chi connectivity index (χ1v) is 9.65. The predicted molar refractivity (Wildman–Crippen MR) is 115 cm³/mol. The number of aromatic nitrogens is 3. The molecule has 4 rings (SSSR count). The van der Waals surface area contributed by atoms with E-state index in [9.17, 15) is 9.59 Å². The van der Waals surface area contributed by atoms with Crippen LogP contribution in [0.5, 0.6) is 0 Å². The van der Waals surface area contributed by atoms with Gasteiger partial charge in [0.1, 0.15) is 0 Å². The van der Waals surface area contributed by atoms with Gasteiger partial charge in [-0.25, -0.2) is 4.68 Å². The van der Waals surface area contributed by atoms with E-state index in [4.69, 9.17) is 0 Å². The Bertz CT molecular complexity index is 1290. The van der Waals surface area contributed by atoms with Crippen molar-refractivity contribution in [3.05, 3.63) is 76.3 Å². The van der Waals surface area contributed by atoms with Gasteiger partial charge < -0.3 is 5.32 Å². The van der Waals surface area contributed by atoms with Crippen LogP contribution in [0.3, 0.4) is 0 Å². The zero-order valence-electron chi connectivity index (χ0n) is 16.6. The molecule has 0 aliphatic rings. The molecule has 0 spiro atoms. The zero-order chi connectivity index (χ0) is 20.5. The molecule has 2 heterocycles. The molecule has 6 nitrogen and oxygen atoms in total. The third-order valence-corrected chi connectivity index (χ3v) is 5.11. The summed E-state index contributed by atoms with van der Waals surface area (Å²) in [6.45, 7) is 6.09. The summed E-state index contributed by atoms with van der Waals surface area (Å²) in [5.41, 5.74) is 2.90. The minimum atomic E-state index is -0.544. The summed E-state index contributed by atoms with van der Waals surface area (Å²) < 4.78 is 1.41. The number of amides is 1. The van der Waals surface area contributed by atoms with Gasteiger partial charge >= 0.3 is 0 Å². The van der Waals surface area contributed by atoms with Gasteiger partial charge in [-0.15, -0.1) is 0 Å². The Hall–Kier alpha value is -3.54. The van der Waals surface area contributed by atoms with Crippen molar-refractivity contribution in [3.63, 3.8) is 0 Å². The van der Waals surface area contributed by atoms with Crippen LogP contribution >= 0.6 is 0 Å². The van der Waals surface area contributed by atoms with Crippen LogP contribution in [0.2, 0.25) is 0 Å². The van der Waals surface area contributed by atoms with Crippen molar-refractivity contribution >= 4 is 33.3 Å². The number of nitrogens with zero attached hydrogens (tertiary/aromatic N) is 3. The van der Waals surface area contributed by atoms with E-state index in [2.05, 4.69) is 15.4 Å². The third kappa shape index (κ3) is 3.38. The number of pyridine rings is 1. The van der Waals surface area contributed by atoms with Gasteiger partial charge in [-0.3, -0.25) is 14.6 Å². The number of rotatable bonds is 4. The maximum absolute atomic E-state index is 13.1. The molecule has 0 aliphatic heterocycles. The van der Waals surface area contributed by atoms with Crippen molar-refractivity contribution in [3.8, 4) is 0 Å². The monoisotopic (exact) mass is 386 g/mol. The lowest BCUT2D eigenvalue weighted by Gasteiger charge is -2.16. The Balaban J connectivity index is 1.77. The molecule has 2 aromatic heterocycles. The minimum absolute atomic E-state index is 0.145. The van der Waals surface area contributed by atoms with Gasteiger partial charge in [0.2, 0.25) is 5.91 Å². The molecule has 0 bridgehead atoms. The first-order valence-electron chi connectivity index (χ1n) is 9.65. The number of hydrogen-bond donors (Lipinski definition) is 1. The van der Waals surface area contributed by atoms with Crippen LogP contribution in [-0.4, -0.2) is 20.7 Å². The molecule has 1 amide bonds. The van der Waals surface area contributed by atoms with Gasteiger partial charge in [0.25, 0.3) is 5.56 Å². The Morgan fingerprint density at radius 2 is 1.90 bits per heavy atom. The van der Waals surface area contributed by atoms with E-state index in [-0.39, 0.29) is 11.5 Å². The van der Waals surface area contributed by atoms with Gasteiger partial charge in [0, 0.05) is 23.5 Å². The molecule has 29 heavy (non-hydrogen) atoms. The van der Waals surface area contributed by atoms with Crippen LogP contribution in [0.4, 0.5) is 5.69 Å². The second kappa shape index (κ2) is 7.47. The van der Waals surface area contributed by atoms with Crippen LogP contribution in [0.15, 0.2) is 59.5 Å². The van der Waals surface area contributed by atoms with E-state index in [1.165, 1.54) is 4.68 Å². The van der Waals surface area contributed by atoms with Gasteiger partial charge in [-0.05, 0) is 50.6 Å². The van der Waals surface area contributed by atoms with E-state index in [0.717, 1.165) is 16.5 Å². The predicted octanol–water partition coefficient (Wildman–Crippen LogP) is 4.02. The molecule has 146 valence electrons. The van der Waals surface area contributed by atoms with Gasteiger partial charge in [0.05, 0.1) is 28.2 Å². The van der Waals surface area contributed by atoms with E-state index in [1.807, 2.05) is 56.3 Å². The number of carbonyl (C=O) groups excluding carboxylic acids is 1. The number of carbonyl (C=O) groups is 1. The second-order valence-electron chi connectivity index (χ2n) is 7.15. The SMILES string of the molecule is CCn1nc(C(C)C(=O)Nc2cc(C)cc3cccnc23)c2ccccc2c1=O. The van der Waals surface area contributed by atoms with Crippen LogP contribution in [0.25, 0.3) is 21.7 Å². The maximum atomic E-state index is 13.1. The Morgan fingerprint density at radius 3 is 2.66 bits per heavy atom. The number of aryl methyl sites for hydroxylation is 2. The van der Waals surface area contributed by atoms with Crippen LogP contribution < -0.4 is 10.9 Å². The molecule has 0 saturated carbocycles. The van der Waals surface area contributed by atoms with Gasteiger partial charge in [-0.1, -0.05) is 24.3 Å². The lowest BCUT2D eigenvalue weighted by Crippen LogP contribution is -2.27. The number of nitrogens with one attached hydrogen (secondary N) is 1. The van der Waals surface area contributed by atoms with Crippen molar-refractivity contribution in [2.45, 2.75) is 33.2 Å². The molecule has 0 radical (unpaired) electrons. The summed E-state index contributed by atoms with van der Waals surface area (Å²) in [7, 11) is 0. The number of anilines is 1. The topological polar surface area (TPSA) is 76.9 Å². The highest BCUT2D eigenvalue weighted by Gasteiger charge is 2.22. The molecular weight excluding hydrogens is 364 g/mol. The fraction of sp³-hybridized carbons (Fsp3) is 0.217. The summed E-state index contributed by atoms with van der Waals surface area (Å²) >= 11 is 0. The fourth-order valence-corrected chi connectivity index (χ4v) is 3.60. The Labute approximate surface area is 168 Å². The highest BCUT2D eigenvalue weighted by Crippen LogP contribution is 2.26. The Morgan fingerprint density at radius 1 is 1.14 bits per heavy atom. The first-order chi connectivity index (χ1) is 14.0. The maximum Gasteiger partial charge on any atom is 0.274 e. The number of fused-ring (bicyclic) bond motifs is 2. The zero-order valence-corrected chi connectivity index (χ0v) is 16.6. The number of benzene rings is 2. The Kier molecular flexibility index (Phi) is 4.84. The molecule has 0 saturated heterocycles. The summed E-state index contributed by atoms with van der Waals surface area (Å²) in [6, 6.07) is 15.1. The average Bonchev–Trinajstić information content (AvgIpc) is 2.73. The van der Waals surface area contributed by atoms with Crippen LogP contribution in [-0.2, 0) is 11.3 Å². The molecule has 4 aromatic rings. The van der Waals surface area contributed by atoms with Crippen LogP contribution in [0, 0.1) is 6.92 Å². The molecule has 1 unspecified atom stereocenters.